The minimum absolute atomic E-state index is 0.266. The number of aliphatic carboxylic acids is 1. The Kier molecular flexibility index (Phi) is 9.18. The van der Waals surface area contributed by atoms with Gasteiger partial charge < -0.3 is 19.2 Å². The highest BCUT2D eigenvalue weighted by Crippen LogP contribution is 2.32. The lowest BCUT2D eigenvalue weighted by atomic mass is 9.79. The fourth-order valence-electron chi connectivity index (χ4n) is 5.55. The number of likely N-dealkylation sites (tertiary alicyclic amines) is 1. The van der Waals surface area contributed by atoms with Gasteiger partial charge in [-0.1, -0.05) is 0 Å². The third kappa shape index (κ3) is 7.31. The van der Waals surface area contributed by atoms with Crippen LogP contribution in [0.15, 0.2) is 53.3 Å². The van der Waals surface area contributed by atoms with Gasteiger partial charge in [-0.2, -0.15) is 0 Å². The summed E-state index contributed by atoms with van der Waals surface area (Å²) in [5.41, 5.74) is 2.31. The van der Waals surface area contributed by atoms with E-state index in [4.69, 9.17) is 9.15 Å². The second-order valence-corrected chi connectivity index (χ2v) is 9.82. The summed E-state index contributed by atoms with van der Waals surface area (Å²) in [5, 5.41) is 10.5. The molecule has 2 aromatic heterocycles. The number of rotatable bonds is 13. The largest absolute Gasteiger partial charge is 0.497 e. The molecule has 0 aliphatic carbocycles. The minimum Gasteiger partial charge on any atom is -0.497 e. The maximum absolute atomic E-state index is 11.3. The molecule has 3 aromatic rings. The third-order valence-electron chi connectivity index (χ3n) is 7.49. The molecule has 1 fully saturated rings. The van der Waals surface area contributed by atoms with Crippen molar-refractivity contribution in [1.29, 1.82) is 0 Å². The highest BCUT2D eigenvalue weighted by molar-refractivity contribution is 5.83. The van der Waals surface area contributed by atoms with Crippen LogP contribution in [0.5, 0.6) is 5.75 Å². The first-order valence-electron chi connectivity index (χ1n) is 13.0. The normalized spacial score (nSPS) is 18.7. The second kappa shape index (κ2) is 12.7. The molecule has 3 heterocycles. The van der Waals surface area contributed by atoms with E-state index >= 15 is 0 Å². The highest BCUT2D eigenvalue weighted by Gasteiger charge is 2.29. The minimum atomic E-state index is -0.684. The van der Waals surface area contributed by atoms with E-state index in [-0.39, 0.29) is 6.42 Å². The van der Waals surface area contributed by atoms with Crippen molar-refractivity contribution in [3.05, 3.63) is 60.2 Å². The summed E-state index contributed by atoms with van der Waals surface area (Å²) >= 11 is 0. The van der Waals surface area contributed by atoms with Crippen molar-refractivity contribution >= 4 is 16.9 Å². The van der Waals surface area contributed by atoms with Gasteiger partial charge in [-0.15, -0.1) is 0 Å². The van der Waals surface area contributed by atoms with Crippen LogP contribution in [0.25, 0.3) is 10.9 Å². The number of benzene rings is 1. The van der Waals surface area contributed by atoms with Crippen molar-refractivity contribution in [1.82, 2.24) is 9.88 Å². The molecule has 1 saturated heterocycles. The SMILES string of the molecule is COc1ccc2nccc(CCCC3CCN(CCCCc4ccco4)CC3CCC(=O)O)c2c1. The van der Waals surface area contributed by atoms with E-state index in [0.717, 1.165) is 88.0 Å². The Labute approximate surface area is 208 Å². The van der Waals surface area contributed by atoms with Crippen LogP contribution in [0.3, 0.4) is 0 Å². The van der Waals surface area contributed by atoms with Gasteiger partial charge in [0, 0.05) is 31.0 Å². The Hall–Kier alpha value is -2.86. The number of pyridine rings is 1. The Bertz CT molecular complexity index is 1070. The molecule has 0 amide bonds. The maximum atomic E-state index is 11.3. The van der Waals surface area contributed by atoms with Crippen LogP contribution in [-0.4, -0.2) is 47.7 Å². The van der Waals surface area contributed by atoms with Crippen LogP contribution in [0, 0.1) is 11.8 Å². The second-order valence-electron chi connectivity index (χ2n) is 9.82. The molecule has 4 rings (SSSR count). The molecular weight excluding hydrogens is 440 g/mol. The Morgan fingerprint density at radius 3 is 2.86 bits per heavy atom. The first-order chi connectivity index (χ1) is 17.1. The van der Waals surface area contributed by atoms with Gasteiger partial charge in [-0.05, 0) is 112 Å². The van der Waals surface area contributed by atoms with E-state index in [0.29, 0.717) is 11.8 Å². The predicted molar refractivity (Wildman–Crippen MR) is 138 cm³/mol. The quantitative estimate of drug-likeness (QED) is 0.304. The molecule has 6 heteroatoms. The Balaban J connectivity index is 1.29. The molecule has 0 spiro atoms. The van der Waals surface area contributed by atoms with E-state index in [1.54, 1.807) is 13.4 Å². The van der Waals surface area contributed by atoms with Crippen LogP contribution in [0.2, 0.25) is 0 Å². The summed E-state index contributed by atoms with van der Waals surface area (Å²) in [5.74, 6) is 2.28. The monoisotopic (exact) mass is 478 g/mol. The van der Waals surface area contributed by atoms with E-state index in [9.17, 15) is 9.90 Å². The van der Waals surface area contributed by atoms with Crippen molar-refractivity contribution in [2.24, 2.45) is 11.8 Å². The predicted octanol–water partition coefficient (Wildman–Crippen LogP) is 5.98. The number of ether oxygens (including phenoxy) is 1. The molecule has 0 radical (unpaired) electrons. The van der Waals surface area contributed by atoms with Crippen molar-refractivity contribution < 1.29 is 19.1 Å². The van der Waals surface area contributed by atoms with Crippen LogP contribution in [-0.2, 0) is 17.6 Å². The zero-order chi connectivity index (χ0) is 24.5. The zero-order valence-electron chi connectivity index (χ0n) is 20.8. The average Bonchev–Trinajstić information content (AvgIpc) is 3.39. The zero-order valence-corrected chi connectivity index (χ0v) is 20.8. The number of furan rings is 1. The van der Waals surface area contributed by atoms with Gasteiger partial charge in [0.25, 0.3) is 0 Å². The molecule has 1 N–H and O–H groups in total. The third-order valence-corrected chi connectivity index (χ3v) is 7.49. The maximum Gasteiger partial charge on any atom is 0.303 e. The van der Waals surface area contributed by atoms with Crippen LogP contribution < -0.4 is 4.74 Å². The lowest BCUT2D eigenvalue weighted by Crippen LogP contribution is -2.41. The summed E-state index contributed by atoms with van der Waals surface area (Å²) in [7, 11) is 1.69. The van der Waals surface area contributed by atoms with E-state index in [2.05, 4.69) is 22.0 Å². The number of carboxylic acids is 1. The molecule has 35 heavy (non-hydrogen) atoms. The van der Waals surface area contributed by atoms with Crippen LogP contribution in [0.1, 0.15) is 56.3 Å². The summed E-state index contributed by atoms with van der Waals surface area (Å²) in [6.45, 7) is 3.22. The number of piperidine rings is 1. The Morgan fingerprint density at radius 1 is 1.14 bits per heavy atom. The summed E-state index contributed by atoms with van der Waals surface area (Å²) in [6.07, 6.45) is 12.3. The van der Waals surface area contributed by atoms with Gasteiger partial charge in [0.1, 0.15) is 11.5 Å². The molecule has 188 valence electrons. The lowest BCUT2D eigenvalue weighted by molar-refractivity contribution is -0.137. The lowest BCUT2D eigenvalue weighted by Gasteiger charge is -2.39. The number of fused-ring (bicyclic) bond motifs is 1. The van der Waals surface area contributed by atoms with E-state index in [1.807, 2.05) is 30.5 Å². The number of hydrogen-bond donors (Lipinski definition) is 1. The molecule has 1 aliphatic heterocycles. The smallest absolute Gasteiger partial charge is 0.303 e. The molecule has 1 aromatic carbocycles. The molecule has 0 saturated carbocycles. The van der Waals surface area contributed by atoms with Crippen LogP contribution in [0.4, 0.5) is 0 Å². The fourth-order valence-corrected chi connectivity index (χ4v) is 5.55. The number of carboxylic acid groups (broad SMARTS) is 1. The Morgan fingerprint density at radius 2 is 2.06 bits per heavy atom. The van der Waals surface area contributed by atoms with Crippen LogP contribution >= 0.6 is 0 Å². The topological polar surface area (TPSA) is 75.8 Å². The van der Waals surface area contributed by atoms with Gasteiger partial charge >= 0.3 is 5.97 Å². The number of nitrogens with zero attached hydrogens (tertiary/aromatic N) is 2. The van der Waals surface area contributed by atoms with Gasteiger partial charge in [0.05, 0.1) is 18.9 Å². The van der Waals surface area contributed by atoms with Gasteiger partial charge in [-0.25, -0.2) is 0 Å². The highest BCUT2D eigenvalue weighted by atomic mass is 16.5. The first kappa shape index (κ1) is 25.2. The number of aromatic nitrogens is 1. The number of unbranched alkanes of at least 4 members (excludes halogenated alkanes) is 1. The summed E-state index contributed by atoms with van der Waals surface area (Å²) < 4.78 is 10.9. The number of carbonyl (C=O) groups is 1. The first-order valence-corrected chi connectivity index (χ1v) is 13.0. The summed E-state index contributed by atoms with van der Waals surface area (Å²) in [6, 6.07) is 12.2. The van der Waals surface area contributed by atoms with Gasteiger partial charge in [0.2, 0.25) is 0 Å². The molecule has 2 atom stereocenters. The standard InChI is InChI=1S/C29H38N2O4/c1-34-26-11-12-28-27(20-26)23(14-16-30-28)7-4-6-22-15-18-31(21-24(22)10-13-29(32)33)17-3-2-8-25-9-5-19-35-25/h5,9,11-12,14,16,19-20,22,24H,2-4,6-8,10,13,15,17-18,21H2,1H3,(H,32,33). The molecule has 2 unspecified atom stereocenters. The summed E-state index contributed by atoms with van der Waals surface area (Å²) in [4.78, 5) is 18.3. The molecule has 6 nitrogen and oxygen atoms in total. The molecule has 0 bridgehead atoms. The average molecular weight is 479 g/mol. The van der Waals surface area contributed by atoms with Crippen molar-refractivity contribution in [3.8, 4) is 5.75 Å². The van der Waals surface area contributed by atoms with Crippen molar-refractivity contribution in [2.75, 3.05) is 26.7 Å². The van der Waals surface area contributed by atoms with Crippen molar-refractivity contribution in [3.63, 3.8) is 0 Å². The molecule has 1 aliphatic rings. The number of aryl methyl sites for hydroxylation is 2. The van der Waals surface area contributed by atoms with E-state index < -0.39 is 5.97 Å². The fraction of sp³-hybridized carbons (Fsp3) is 0.517. The van der Waals surface area contributed by atoms with Gasteiger partial charge in [0.15, 0.2) is 0 Å². The van der Waals surface area contributed by atoms with Gasteiger partial charge in [-0.3, -0.25) is 9.78 Å². The number of hydrogen-bond acceptors (Lipinski definition) is 5. The molecular formula is C29H38N2O4. The number of methoxy groups -OCH3 is 1. The van der Waals surface area contributed by atoms with E-state index in [1.165, 1.54) is 10.9 Å². The van der Waals surface area contributed by atoms with Crippen molar-refractivity contribution in [2.45, 2.75) is 57.8 Å².